The predicted octanol–water partition coefficient (Wildman–Crippen LogP) is 6.45. The molecule has 15 nitrogen and oxygen atoms in total. The molecule has 0 aromatic heterocycles. The van der Waals surface area contributed by atoms with Crippen molar-refractivity contribution in [2.24, 2.45) is 0 Å². The molecule has 346 valence electrons. The first kappa shape index (κ1) is 56.5. The molecule has 0 radical (unpaired) electrons. The van der Waals surface area contributed by atoms with Crippen molar-refractivity contribution >= 4 is 11.9 Å². The summed E-state index contributed by atoms with van der Waals surface area (Å²) in [4.78, 5) is 21.9. The molecule has 0 amide bonds. The van der Waals surface area contributed by atoms with Crippen LogP contribution in [0.4, 0.5) is 0 Å². The highest BCUT2D eigenvalue weighted by Gasteiger charge is 2.04. The van der Waals surface area contributed by atoms with Gasteiger partial charge in [-0.05, 0) is 19.3 Å². The monoisotopic (exact) mass is 841 g/mol. The van der Waals surface area contributed by atoms with E-state index in [4.69, 9.17) is 61.9 Å². The molecule has 0 bridgehead atoms. The summed E-state index contributed by atoms with van der Waals surface area (Å²) in [5, 5.41) is 8.57. The summed E-state index contributed by atoms with van der Waals surface area (Å²) in [6.45, 7) is 13.6. The van der Waals surface area contributed by atoms with Crippen LogP contribution in [0.1, 0.15) is 116 Å². The molecule has 0 aliphatic rings. The first-order valence-electron chi connectivity index (χ1n) is 22.4. The molecule has 58 heavy (non-hydrogen) atoms. The van der Waals surface area contributed by atoms with Crippen molar-refractivity contribution in [3.05, 3.63) is 0 Å². The SMILES string of the molecule is CCCCCCCCCCCCCCCOCCOCCOCCOCCOCCOCCOCCOCCOCCOCCOCCOC(=O)CCCCC(=O)O. The zero-order valence-electron chi connectivity index (χ0n) is 36.4. The van der Waals surface area contributed by atoms with Crippen LogP contribution in [0, 0.1) is 0 Å². The zero-order valence-corrected chi connectivity index (χ0v) is 36.4. The molecule has 0 atom stereocenters. The summed E-state index contributed by atoms with van der Waals surface area (Å²) in [5.74, 6) is -1.21. The third-order valence-electron chi connectivity index (χ3n) is 8.62. The second-order valence-corrected chi connectivity index (χ2v) is 13.8. The molecule has 0 fully saturated rings. The van der Waals surface area contributed by atoms with Crippen LogP contribution in [0.2, 0.25) is 0 Å². The summed E-state index contributed by atoms with van der Waals surface area (Å²) in [5.41, 5.74) is 0. The van der Waals surface area contributed by atoms with Gasteiger partial charge in [-0.25, -0.2) is 0 Å². The molecule has 0 saturated carbocycles. The number of hydrogen-bond acceptors (Lipinski definition) is 14. The van der Waals surface area contributed by atoms with Crippen molar-refractivity contribution in [1.29, 1.82) is 0 Å². The molecule has 0 saturated heterocycles. The Balaban J connectivity index is 3.09. The van der Waals surface area contributed by atoms with Crippen molar-refractivity contribution < 1.29 is 71.5 Å². The van der Waals surface area contributed by atoms with E-state index >= 15 is 0 Å². The van der Waals surface area contributed by atoms with Gasteiger partial charge in [-0.15, -0.1) is 0 Å². The normalized spacial score (nSPS) is 11.5. The van der Waals surface area contributed by atoms with Crippen molar-refractivity contribution in [3.63, 3.8) is 0 Å². The Morgan fingerprint density at radius 2 is 0.534 bits per heavy atom. The van der Waals surface area contributed by atoms with Gasteiger partial charge in [0.1, 0.15) is 6.61 Å². The second kappa shape index (κ2) is 51.6. The fourth-order valence-electron chi connectivity index (χ4n) is 5.36. The van der Waals surface area contributed by atoms with Crippen LogP contribution in [0.3, 0.4) is 0 Å². The number of carboxylic acids is 1. The number of hydrogen-bond donors (Lipinski definition) is 1. The van der Waals surface area contributed by atoms with Gasteiger partial charge < -0.3 is 61.9 Å². The van der Waals surface area contributed by atoms with Gasteiger partial charge in [-0.2, -0.15) is 0 Å². The lowest BCUT2D eigenvalue weighted by Gasteiger charge is -2.09. The van der Waals surface area contributed by atoms with Crippen LogP contribution in [0.25, 0.3) is 0 Å². The second-order valence-electron chi connectivity index (χ2n) is 13.8. The van der Waals surface area contributed by atoms with Crippen LogP contribution >= 0.6 is 0 Å². The molecule has 15 heteroatoms. The van der Waals surface area contributed by atoms with Crippen LogP contribution in [-0.4, -0.2) is 169 Å². The molecule has 0 spiro atoms. The van der Waals surface area contributed by atoms with E-state index in [0.29, 0.717) is 145 Å². The van der Waals surface area contributed by atoms with E-state index < -0.39 is 5.97 Å². The van der Waals surface area contributed by atoms with E-state index in [9.17, 15) is 9.59 Å². The highest BCUT2D eigenvalue weighted by molar-refractivity contribution is 5.69. The first-order valence-corrected chi connectivity index (χ1v) is 22.4. The van der Waals surface area contributed by atoms with Crippen LogP contribution < -0.4 is 0 Å². The molecule has 0 aromatic rings. The minimum Gasteiger partial charge on any atom is -0.481 e. The van der Waals surface area contributed by atoms with E-state index in [1.165, 1.54) is 77.0 Å². The Kier molecular flexibility index (Phi) is 50.3. The number of unbranched alkanes of at least 4 members (excludes halogenated alkanes) is 13. The Labute approximate surface area is 351 Å². The van der Waals surface area contributed by atoms with E-state index in [1.807, 2.05) is 0 Å². The van der Waals surface area contributed by atoms with Crippen LogP contribution in [-0.2, 0) is 66.4 Å². The Morgan fingerprint density at radius 3 is 0.828 bits per heavy atom. The van der Waals surface area contributed by atoms with Crippen molar-refractivity contribution in [3.8, 4) is 0 Å². The lowest BCUT2D eigenvalue weighted by Crippen LogP contribution is -2.15. The van der Waals surface area contributed by atoms with Crippen molar-refractivity contribution in [1.82, 2.24) is 0 Å². The molecule has 0 aliphatic carbocycles. The highest BCUT2D eigenvalue weighted by atomic mass is 16.6. The number of carboxylic acid groups (broad SMARTS) is 1. The van der Waals surface area contributed by atoms with Crippen molar-refractivity contribution in [2.75, 3.05) is 152 Å². The topological polar surface area (TPSA) is 165 Å². The van der Waals surface area contributed by atoms with Gasteiger partial charge in [0, 0.05) is 19.4 Å². The van der Waals surface area contributed by atoms with Gasteiger partial charge in [0.15, 0.2) is 0 Å². The third kappa shape index (κ3) is 52.5. The van der Waals surface area contributed by atoms with Gasteiger partial charge in [0.25, 0.3) is 0 Å². The van der Waals surface area contributed by atoms with E-state index in [2.05, 4.69) is 6.92 Å². The van der Waals surface area contributed by atoms with Gasteiger partial charge in [-0.1, -0.05) is 84.0 Å². The minimum absolute atomic E-state index is 0.0607. The molecule has 0 heterocycles. The molecule has 0 aromatic carbocycles. The largest absolute Gasteiger partial charge is 0.481 e. The molecule has 0 unspecified atom stereocenters. The van der Waals surface area contributed by atoms with Gasteiger partial charge in [-0.3, -0.25) is 9.59 Å². The average molecular weight is 841 g/mol. The fraction of sp³-hybridized carbons (Fsp3) is 0.953. The number of ether oxygens (including phenoxy) is 12. The summed E-state index contributed by atoms with van der Waals surface area (Å²) < 4.78 is 65.5. The number of esters is 1. The van der Waals surface area contributed by atoms with E-state index in [1.54, 1.807) is 0 Å². The Morgan fingerprint density at radius 1 is 0.293 bits per heavy atom. The number of carbonyl (C=O) groups is 2. The first-order chi connectivity index (χ1) is 28.7. The van der Waals surface area contributed by atoms with E-state index in [0.717, 1.165) is 13.0 Å². The zero-order chi connectivity index (χ0) is 41.9. The molecule has 0 aliphatic heterocycles. The predicted molar refractivity (Wildman–Crippen MR) is 222 cm³/mol. The Bertz CT molecular complexity index is 808. The van der Waals surface area contributed by atoms with Gasteiger partial charge in [0.05, 0.1) is 139 Å². The van der Waals surface area contributed by atoms with Crippen LogP contribution in [0.5, 0.6) is 0 Å². The quantitative estimate of drug-likeness (QED) is 0.0525. The summed E-state index contributed by atoms with van der Waals surface area (Å²) >= 11 is 0. The smallest absolute Gasteiger partial charge is 0.305 e. The lowest BCUT2D eigenvalue weighted by atomic mass is 10.0. The number of carbonyl (C=O) groups excluding carboxylic acids is 1. The van der Waals surface area contributed by atoms with E-state index in [-0.39, 0.29) is 32.0 Å². The maximum Gasteiger partial charge on any atom is 0.305 e. The van der Waals surface area contributed by atoms with Gasteiger partial charge >= 0.3 is 11.9 Å². The molecular weight excluding hydrogens is 756 g/mol. The summed E-state index contributed by atoms with van der Waals surface area (Å²) in [7, 11) is 0. The molecule has 1 N–H and O–H groups in total. The third-order valence-corrected chi connectivity index (χ3v) is 8.62. The maximum absolute atomic E-state index is 11.5. The summed E-state index contributed by atoms with van der Waals surface area (Å²) in [6.07, 6.45) is 18.9. The number of aliphatic carboxylic acids is 1. The number of rotatable bonds is 52. The van der Waals surface area contributed by atoms with Gasteiger partial charge in [0.2, 0.25) is 0 Å². The lowest BCUT2D eigenvalue weighted by molar-refractivity contribution is -0.146. The highest BCUT2D eigenvalue weighted by Crippen LogP contribution is 2.12. The average Bonchev–Trinajstić information content (AvgIpc) is 3.22. The fourth-order valence-corrected chi connectivity index (χ4v) is 5.36. The molecule has 0 rings (SSSR count). The van der Waals surface area contributed by atoms with Crippen molar-refractivity contribution in [2.45, 2.75) is 116 Å². The minimum atomic E-state index is -0.862. The summed E-state index contributed by atoms with van der Waals surface area (Å²) in [6, 6.07) is 0. The van der Waals surface area contributed by atoms with Crippen LogP contribution in [0.15, 0.2) is 0 Å². The molecular formula is C43H84O15. The standard InChI is InChI=1S/C43H84O15/c1-2-3-4-5-6-7-8-9-10-11-12-13-16-19-47-20-21-48-22-23-49-24-25-50-26-27-51-28-29-52-30-31-53-32-33-54-34-35-55-36-37-56-38-39-57-40-41-58-43(46)18-15-14-17-42(44)45/h2-41H2,1H3,(H,44,45). The maximum atomic E-state index is 11.5. The Hall–Kier alpha value is -1.50.